The van der Waals surface area contributed by atoms with Crippen LogP contribution in [0.15, 0.2) is 18.2 Å². The Balaban J connectivity index is 0.000000389. The van der Waals surface area contributed by atoms with Gasteiger partial charge in [0.05, 0.1) is 5.56 Å². The smallest absolute Gasteiger partial charge is 0.419 e. The van der Waals surface area contributed by atoms with E-state index < -0.39 is 47.4 Å². The van der Waals surface area contributed by atoms with Crippen LogP contribution in [-0.4, -0.2) is 33.9 Å². The Morgan fingerprint density at radius 1 is 0.816 bits per heavy atom. The van der Waals surface area contributed by atoms with Crippen LogP contribution >= 0.6 is 0 Å². The van der Waals surface area contributed by atoms with Gasteiger partial charge in [0.2, 0.25) is 0 Å². The van der Waals surface area contributed by atoms with Gasteiger partial charge in [0.1, 0.15) is 12.4 Å². The zero-order chi connectivity index (χ0) is 29.4. The third-order valence-corrected chi connectivity index (χ3v) is 4.94. The zero-order valence-electron chi connectivity index (χ0n) is 22.0. The molecule has 2 aromatic carbocycles. The van der Waals surface area contributed by atoms with Crippen LogP contribution in [0.2, 0.25) is 0 Å². The van der Waals surface area contributed by atoms with E-state index in [9.17, 15) is 27.2 Å². The average molecular weight is 537 g/mol. The third-order valence-electron chi connectivity index (χ3n) is 4.94. The summed E-state index contributed by atoms with van der Waals surface area (Å²) in [6.45, 7) is 13.5. The van der Waals surface area contributed by atoms with Gasteiger partial charge in [-0.25, -0.2) is 27.2 Å². The molecule has 0 saturated heterocycles. The van der Waals surface area contributed by atoms with Gasteiger partial charge < -0.3 is 20.5 Å². The summed E-state index contributed by atoms with van der Waals surface area (Å²) >= 11 is 0. The summed E-state index contributed by atoms with van der Waals surface area (Å²) in [5.74, 6) is -7.87. The van der Waals surface area contributed by atoms with Gasteiger partial charge in [-0.2, -0.15) is 9.58 Å². The van der Waals surface area contributed by atoms with Crippen LogP contribution in [0.1, 0.15) is 63.8 Å². The van der Waals surface area contributed by atoms with Crippen molar-refractivity contribution < 1.29 is 46.2 Å². The number of ether oxygens (including phenoxy) is 2. The number of hydrogen-bond donors (Lipinski definition) is 0. The van der Waals surface area contributed by atoms with Gasteiger partial charge in [0, 0.05) is 17.2 Å². The molecule has 38 heavy (non-hydrogen) atoms. The lowest BCUT2D eigenvalue weighted by molar-refractivity contribution is -0.140. The normalized spacial score (nSPS) is 10.8. The molecule has 0 aliphatic heterocycles. The van der Waals surface area contributed by atoms with E-state index in [4.69, 9.17) is 15.8 Å². The molecule has 0 aliphatic carbocycles. The van der Waals surface area contributed by atoms with Crippen molar-refractivity contribution in [1.29, 1.82) is 0 Å². The minimum Gasteiger partial charge on any atom is -0.452 e. The molecule has 0 bridgehead atoms. The lowest BCUT2D eigenvalue weighted by atomic mass is 9.78. The standard InChI is InChI=1S/C17H24N2O2.C9H4F4N2O2/c1-11-8-12(16(2,3)4)15(21-14(20)10-19-18)13(9-11)17(5,6)7;10-5-1-6(11)9(13)4(8(5)12)3-17-7(16)2-15-14/h8-10H,1-7H3;1-2H,3H2. The maximum Gasteiger partial charge on any atom is 0.419 e. The molecule has 0 saturated carbocycles. The number of hydrogen-bond acceptors (Lipinski definition) is 4. The van der Waals surface area contributed by atoms with E-state index >= 15 is 0 Å². The van der Waals surface area contributed by atoms with Crippen LogP contribution in [0.5, 0.6) is 5.75 Å². The van der Waals surface area contributed by atoms with Crippen LogP contribution in [0.3, 0.4) is 0 Å². The van der Waals surface area contributed by atoms with Crippen LogP contribution in [0.25, 0.3) is 11.1 Å². The molecule has 0 aliphatic rings. The maximum atomic E-state index is 13.0. The Morgan fingerprint density at radius 2 is 1.24 bits per heavy atom. The number of halogens is 4. The molecular formula is C26H28F4N4O4. The summed E-state index contributed by atoms with van der Waals surface area (Å²) < 4.78 is 61.1. The van der Waals surface area contributed by atoms with Crippen molar-refractivity contribution in [2.75, 3.05) is 0 Å². The number of carbonyl (C=O) groups excluding carboxylic acids is 2. The molecule has 0 unspecified atom stereocenters. The molecule has 0 fully saturated rings. The van der Waals surface area contributed by atoms with E-state index in [1.807, 2.05) is 19.1 Å². The van der Waals surface area contributed by atoms with E-state index in [-0.39, 0.29) is 16.9 Å². The highest BCUT2D eigenvalue weighted by atomic mass is 19.2. The number of nitrogens with zero attached hydrogens (tertiary/aromatic N) is 4. The van der Waals surface area contributed by atoms with Crippen molar-refractivity contribution in [1.82, 2.24) is 0 Å². The SMILES string of the molecule is Cc1cc(C(C)(C)C)c(OC(=O)C=[N+]=[N-])c(C(C)(C)C)c1.[N-]=[N+]=CC(=O)OCc1c(F)c(F)cc(F)c1F. The largest absolute Gasteiger partial charge is 0.452 e. The van der Waals surface area contributed by atoms with Crippen molar-refractivity contribution in [3.63, 3.8) is 0 Å². The van der Waals surface area contributed by atoms with E-state index in [2.05, 4.69) is 55.9 Å². The molecule has 204 valence electrons. The van der Waals surface area contributed by atoms with Crippen LogP contribution < -0.4 is 4.74 Å². The topological polar surface area (TPSA) is 125 Å². The Labute approximate surface area is 217 Å². The molecule has 2 aromatic rings. The number of carbonyl (C=O) groups is 2. The predicted octanol–water partition coefficient (Wildman–Crippen LogP) is 5.38. The first-order valence-corrected chi connectivity index (χ1v) is 11.1. The first-order chi connectivity index (χ1) is 17.4. The van der Waals surface area contributed by atoms with Gasteiger partial charge in [-0.15, -0.1) is 0 Å². The second-order valence-corrected chi connectivity index (χ2v) is 10.2. The molecule has 0 atom stereocenters. The lowest BCUT2D eigenvalue weighted by Crippen LogP contribution is -2.22. The number of benzene rings is 2. The van der Waals surface area contributed by atoms with Crippen molar-refractivity contribution in [3.8, 4) is 5.75 Å². The van der Waals surface area contributed by atoms with E-state index in [1.165, 1.54) is 0 Å². The van der Waals surface area contributed by atoms with Gasteiger partial charge >= 0.3 is 24.4 Å². The molecule has 12 heteroatoms. The quantitative estimate of drug-likeness (QED) is 0.0967. The molecule has 0 radical (unpaired) electrons. The van der Waals surface area contributed by atoms with E-state index in [0.717, 1.165) is 22.9 Å². The summed E-state index contributed by atoms with van der Waals surface area (Å²) in [5, 5.41) is 0. The molecule has 0 aromatic heterocycles. The average Bonchev–Trinajstić information content (AvgIpc) is 2.78. The van der Waals surface area contributed by atoms with Crippen LogP contribution in [0, 0.1) is 30.2 Å². The molecule has 0 spiro atoms. The Morgan fingerprint density at radius 3 is 1.63 bits per heavy atom. The minimum atomic E-state index is -1.65. The maximum absolute atomic E-state index is 13.0. The summed E-state index contributed by atoms with van der Waals surface area (Å²) in [7, 11) is 0. The van der Waals surface area contributed by atoms with Crippen LogP contribution in [0.4, 0.5) is 17.6 Å². The second-order valence-electron chi connectivity index (χ2n) is 10.2. The van der Waals surface area contributed by atoms with E-state index in [0.29, 0.717) is 12.0 Å². The highest BCUT2D eigenvalue weighted by molar-refractivity contribution is 6.21. The van der Waals surface area contributed by atoms with Gasteiger partial charge in [0.15, 0.2) is 23.3 Å². The molecule has 0 amide bonds. The summed E-state index contributed by atoms with van der Waals surface area (Å²) in [5.41, 5.74) is 18.1. The number of rotatable bonds is 5. The lowest BCUT2D eigenvalue weighted by Gasteiger charge is -2.29. The van der Waals surface area contributed by atoms with E-state index in [1.54, 1.807) is 0 Å². The first kappa shape index (κ1) is 31.9. The molecule has 8 nitrogen and oxygen atoms in total. The highest BCUT2D eigenvalue weighted by Crippen LogP contribution is 2.40. The summed E-state index contributed by atoms with van der Waals surface area (Å²) in [6.07, 6.45) is 1.07. The first-order valence-electron chi connectivity index (χ1n) is 11.1. The second kappa shape index (κ2) is 12.9. The monoisotopic (exact) mass is 536 g/mol. The van der Waals surface area contributed by atoms with Crippen molar-refractivity contribution in [2.45, 2.75) is 65.9 Å². The third kappa shape index (κ3) is 8.76. The molecule has 0 heterocycles. The van der Waals surface area contributed by atoms with Crippen molar-refractivity contribution in [3.05, 3.63) is 74.8 Å². The van der Waals surface area contributed by atoms with Crippen molar-refractivity contribution in [2.24, 2.45) is 0 Å². The molecular weight excluding hydrogens is 508 g/mol. The fourth-order valence-electron chi connectivity index (χ4n) is 3.15. The van der Waals surface area contributed by atoms with Crippen LogP contribution in [-0.2, 0) is 31.8 Å². The molecule has 0 N–H and O–H groups in total. The van der Waals surface area contributed by atoms with Gasteiger partial charge in [-0.05, 0) is 17.8 Å². The summed E-state index contributed by atoms with van der Waals surface area (Å²) in [4.78, 5) is 27.4. The number of esters is 2. The van der Waals surface area contributed by atoms with Gasteiger partial charge in [0.25, 0.3) is 0 Å². The minimum absolute atomic E-state index is 0.0329. The van der Waals surface area contributed by atoms with Gasteiger partial charge in [-0.3, -0.25) is 0 Å². The fourth-order valence-corrected chi connectivity index (χ4v) is 3.15. The zero-order valence-corrected chi connectivity index (χ0v) is 22.0. The predicted molar refractivity (Wildman–Crippen MR) is 130 cm³/mol. The van der Waals surface area contributed by atoms with Gasteiger partial charge in [-0.1, -0.05) is 59.2 Å². The Hall–Kier alpha value is -4.14. The number of aryl methyl sites for hydroxylation is 1. The fraction of sp³-hybridized carbons (Fsp3) is 0.385. The van der Waals surface area contributed by atoms with Crippen molar-refractivity contribution >= 4 is 24.4 Å². The molecule has 2 rings (SSSR count). The highest BCUT2D eigenvalue weighted by Gasteiger charge is 2.29. The Bertz CT molecular complexity index is 1260. The summed E-state index contributed by atoms with van der Waals surface area (Å²) in [6, 6.07) is 4.10. The Kier molecular flexibility index (Phi) is 10.8.